The van der Waals surface area contributed by atoms with Crippen LogP contribution in [-0.4, -0.2) is 45.8 Å². The van der Waals surface area contributed by atoms with Crippen LogP contribution in [0.25, 0.3) is 6.08 Å². The number of aliphatic hydroxyl groups excluding tert-OH is 1. The number of nitrogens with one attached hydrogen (secondary N) is 1. The van der Waals surface area contributed by atoms with Crippen LogP contribution in [0.5, 0.6) is 5.75 Å². The van der Waals surface area contributed by atoms with Gasteiger partial charge in [0.1, 0.15) is 17.1 Å². The largest absolute Gasteiger partial charge is 0.487 e. The number of aromatic nitrogens is 1. The molecule has 2 unspecified atom stereocenters. The minimum atomic E-state index is -0.517. The summed E-state index contributed by atoms with van der Waals surface area (Å²) in [6.07, 6.45) is 1.66. The van der Waals surface area contributed by atoms with Gasteiger partial charge in [0.15, 0.2) is 22.7 Å². The molecule has 4 rings (SSSR count). The van der Waals surface area contributed by atoms with Crippen molar-refractivity contribution in [3.63, 3.8) is 0 Å². The molecule has 0 spiro atoms. The highest BCUT2D eigenvalue weighted by Gasteiger charge is 2.78. The summed E-state index contributed by atoms with van der Waals surface area (Å²) in [5.41, 5.74) is 2.18. The van der Waals surface area contributed by atoms with Gasteiger partial charge in [0.2, 0.25) is 0 Å². The van der Waals surface area contributed by atoms with Gasteiger partial charge < -0.3 is 19.7 Å². The van der Waals surface area contributed by atoms with Crippen molar-refractivity contribution in [2.75, 3.05) is 6.61 Å². The Labute approximate surface area is 186 Å². The van der Waals surface area contributed by atoms with Crippen LogP contribution in [0.15, 0.2) is 30.0 Å². The van der Waals surface area contributed by atoms with Crippen molar-refractivity contribution >= 4 is 23.6 Å². The van der Waals surface area contributed by atoms with E-state index in [-0.39, 0.29) is 40.4 Å². The number of carbonyl (C=O) groups excluding carboxylic acids is 2. The first-order valence-corrected chi connectivity index (χ1v) is 10.7. The van der Waals surface area contributed by atoms with Crippen LogP contribution in [0.4, 0.5) is 10.1 Å². The molecule has 1 fully saturated rings. The Balaban J connectivity index is 1.93. The van der Waals surface area contributed by atoms with Crippen LogP contribution < -0.4 is 14.5 Å². The Hall–Kier alpha value is -2.97. The summed E-state index contributed by atoms with van der Waals surface area (Å²) in [6, 6.07) is 5.50. The van der Waals surface area contributed by atoms with Gasteiger partial charge in [0.25, 0.3) is 5.91 Å². The van der Waals surface area contributed by atoms with Gasteiger partial charge in [-0.05, 0) is 32.9 Å². The highest BCUT2D eigenvalue weighted by molar-refractivity contribution is 6.18. The minimum absolute atomic E-state index is 0.0626. The number of hydrogen-bond acceptors (Lipinski definition) is 4. The number of aliphatic hydroxyl groups is 1. The summed E-state index contributed by atoms with van der Waals surface area (Å²) in [5.74, 6) is -0.790. The van der Waals surface area contributed by atoms with Gasteiger partial charge in [-0.25, -0.2) is 9.18 Å². The van der Waals surface area contributed by atoms with Crippen LogP contribution in [0.2, 0.25) is 0 Å². The lowest BCUT2D eigenvalue weighted by Crippen LogP contribution is -2.41. The van der Waals surface area contributed by atoms with Crippen LogP contribution in [0.1, 0.15) is 61.2 Å². The van der Waals surface area contributed by atoms with Crippen molar-refractivity contribution < 1.29 is 23.8 Å². The third-order valence-corrected chi connectivity index (χ3v) is 6.40. The molecule has 2 N–H and O–H groups in total. The van der Waals surface area contributed by atoms with Gasteiger partial charge >= 0.3 is 5.91 Å². The highest BCUT2D eigenvalue weighted by Crippen LogP contribution is 2.62. The molecule has 32 heavy (non-hydrogen) atoms. The molecule has 2 aliphatic rings. The van der Waals surface area contributed by atoms with Gasteiger partial charge in [-0.3, -0.25) is 4.79 Å². The van der Waals surface area contributed by atoms with E-state index >= 15 is 0 Å². The third kappa shape index (κ3) is 2.86. The molecular weight excluding hydrogens is 413 g/mol. The average Bonchev–Trinajstić information content (AvgIpc) is 3.09. The molecule has 0 saturated carbocycles. The second kappa shape index (κ2) is 7.28. The summed E-state index contributed by atoms with van der Waals surface area (Å²) in [7, 11) is 1.72. The Morgan fingerprint density at radius 2 is 1.88 bits per heavy atom. The standard InChI is InChI=1S/C24H28FN3O4/c1-13(2)32-21-19-17(27(6)20(21)22(30)26-14(3)12-29)11-18-24(4,5)28(18,23(19)31)16-9-7-15(25)8-10-16/h7-11,13-14,29H,12H2,1-6H3/p+1. The van der Waals surface area contributed by atoms with Gasteiger partial charge in [-0.1, -0.05) is 0 Å². The second-order valence-electron chi connectivity index (χ2n) is 9.26. The maximum atomic E-state index is 14.1. The van der Waals surface area contributed by atoms with E-state index in [1.807, 2.05) is 33.8 Å². The predicted molar refractivity (Wildman–Crippen MR) is 120 cm³/mol. The zero-order chi connectivity index (χ0) is 23.6. The summed E-state index contributed by atoms with van der Waals surface area (Å²) in [6.45, 7) is 9.10. The number of hydrogen-bond donors (Lipinski definition) is 2. The summed E-state index contributed by atoms with van der Waals surface area (Å²) >= 11 is 0. The SMILES string of the molecule is CC(CO)NC(=O)c1c(OC(C)C)c2c(n1C)C=C1C(C)(C)[N+]1(c1ccc(F)cc1)C2=O. The fourth-order valence-electron chi connectivity index (χ4n) is 4.78. The molecule has 2 atom stereocenters. The molecule has 8 heteroatoms. The molecule has 2 aliphatic heterocycles. The zero-order valence-electron chi connectivity index (χ0n) is 19.2. The van der Waals surface area contributed by atoms with Gasteiger partial charge in [0, 0.05) is 45.1 Å². The number of ether oxygens (including phenoxy) is 1. The van der Waals surface area contributed by atoms with Gasteiger partial charge in [-0.2, -0.15) is 4.48 Å². The number of benzene rings is 1. The summed E-state index contributed by atoms with van der Waals surface area (Å²) in [4.78, 5) is 27.2. The quantitative estimate of drug-likeness (QED) is 0.531. The Morgan fingerprint density at radius 1 is 1.25 bits per heavy atom. The monoisotopic (exact) mass is 442 g/mol. The van der Waals surface area contributed by atoms with E-state index < -0.39 is 17.5 Å². The van der Waals surface area contributed by atoms with Crippen molar-refractivity contribution in [2.45, 2.75) is 52.3 Å². The van der Waals surface area contributed by atoms with E-state index in [1.165, 1.54) is 12.1 Å². The van der Waals surface area contributed by atoms with Gasteiger partial charge in [-0.15, -0.1) is 0 Å². The smallest absolute Gasteiger partial charge is 0.362 e. The molecule has 7 nitrogen and oxygen atoms in total. The maximum Gasteiger partial charge on any atom is 0.362 e. The molecule has 0 aliphatic carbocycles. The number of halogens is 1. The lowest BCUT2D eigenvalue weighted by atomic mass is 10.1. The predicted octanol–water partition coefficient (Wildman–Crippen LogP) is 3.36. The van der Waals surface area contributed by atoms with Crippen molar-refractivity contribution in [1.29, 1.82) is 0 Å². The minimum Gasteiger partial charge on any atom is -0.487 e. The molecule has 0 radical (unpaired) electrons. The van der Waals surface area contributed by atoms with E-state index in [2.05, 4.69) is 5.32 Å². The molecule has 1 aromatic heterocycles. The van der Waals surface area contributed by atoms with Crippen molar-refractivity contribution in [3.8, 4) is 5.75 Å². The van der Waals surface area contributed by atoms with Crippen molar-refractivity contribution in [3.05, 3.63) is 52.7 Å². The number of amides is 2. The van der Waals surface area contributed by atoms with Crippen LogP contribution >= 0.6 is 0 Å². The first kappa shape index (κ1) is 22.2. The number of quaternary nitrogens is 1. The van der Waals surface area contributed by atoms with E-state index in [1.54, 1.807) is 30.7 Å². The van der Waals surface area contributed by atoms with E-state index in [4.69, 9.17) is 4.74 Å². The molecule has 1 aromatic carbocycles. The third-order valence-electron chi connectivity index (χ3n) is 6.40. The molecule has 1 saturated heterocycles. The Bertz CT molecular complexity index is 1150. The molecule has 0 bridgehead atoms. The molecule has 170 valence electrons. The lowest BCUT2D eigenvalue weighted by Gasteiger charge is -2.22. The Kier molecular flexibility index (Phi) is 5.06. The van der Waals surface area contributed by atoms with Crippen molar-refractivity contribution in [1.82, 2.24) is 14.4 Å². The first-order valence-electron chi connectivity index (χ1n) is 10.7. The first-order chi connectivity index (χ1) is 15.0. The number of nitrogens with zero attached hydrogens (tertiary/aromatic N) is 2. The number of fused-ring (bicyclic) bond motifs is 2. The fourth-order valence-corrected chi connectivity index (χ4v) is 4.78. The zero-order valence-corrected chi connectivity index (χ0v) is 19.2. The van der Waals surface area contributed by atoms with Crippen molar-refractivity contribution in [2.24, 2.45) is 7.05 Å². The summed E-state index contributed by atoms with van der Waals surface area (Å²) < 4.78 is 21.3. The fraction of sp³-hybridized carbons (Fsp3) is 0.417. The topological polar surface area (TPSA) is 80.6 Å². The van der Waals surface area contributed by atoms with Crippen LogP contribution in [-0.2, 0) is 7.05 Å². The van der Waals surface area contributed by atoms with E-state index in [0.717, 1.165) is 5.70 Å². The second-order valence-corrected chi connectivity index (χ2v) is 9.26. The van der Waals surface area contributed by atoms with E-state index in [9.17, 15) is 19.1 Å². The van der Waals surface area contributed by atoms with E-state index in [0.29, 0.717) is 16.9 Å². The highest BCUT2D eigenvalue weighted by atomic mass is 19.1. The normalized spacial score (nSPS) is 21.5. The van der Waals surface area contributed by atoms with Gasteiger partial charge in [0.05, 0.1) is 18.4 Å². The number of rotatable bonds is 6. The lowest BCUT2D eigenvalue weighted by molar-refractivity contribution is 0.0862. The molecule has 2 amide bonds. The molecule has 2 aromatic rings. The van der Waals surface area contributed by atoms with Crippen LogP contribution in [0, 0.1) is 5.82 Å². The molecule has 3 heterocycles. The number of carbonyl (C=O) groups is 2. The average molecular weight is 443 g/mol. The maximum absolute atomic E-state index is 14.1. The molecular formula is C24H29FN3O4+. The summed E-state index contributed by atoms with van der Waals surface area (Å²) in [5, 5.41) is 12.1. The Morgan fingerprint density at radius 3 is 2.44 bits per heavy atom. The van der Waals surface area contributed by atoms with Crippen LogP contribution in [0.3, 0.4) is 0 Å².